The second-order valence-electron chi connectivity index (χ2n) is 19.7. The first kappa shape index (κ1) is 58.4. The van der Waals surface area contributed by atoms with E-state index in [1.807, 2.05) is 0 Å². The minimum absolute atomic E-state index is 0.0650. The second kappa shape index (κ2) is 45.4. The highest BCUT2D eigenvalue weighted by Crippen LogP contribution is 2.18. The number of esters is 3. The third-order valence-corrected chi connectivity index (χ3v) is 12.5. The van der Waals surface area contributed by atoms with Crippen LogP contribution in [0.1, 0.15) is 292 Å². The van der Waals surface area contributed by atoms with Crippen molar-refractivity contribution in [3.8, 4) is 0 Å². The summed E-state index contributed by atoms with van der Waals surface area (Å²) in [7, 11) is 0. The number of unbranched alkanes of at least 4 members (excludes halogenated alkanes) is 29. The van der Waals surface area contributed by atoms with E-state index < -0.39 is 6.10 Å². The number of hydrogen-bond donors (Lipinski definition) is 0. The van der Waals surface area contributed by atoms with Gasteiger partial charge in [-0.2, -0.15) is 0 Å². The molecule has 0 aromatic heterocycles. The summed E-state index contributed by atoms with van der Waals surface area (Å²) in [6.07, 6.45) is 45.2. The quantitative estimate of drug-likeness (QED) is 0.0345. The summed E-state index contributed by atoms with van der Waals surface area (Å²) in [4.78, 5) is 37.9. The summed E-state index contributed by atoms with van der Waals surface area (Å²) >= 11 is 0. The molecule has 60 heavy (non-hydrogen) atoms. The first-order chi connectivity index (χ1) is 29.1. The van der Waals surface area contributed by atoms with E-state index in [-0.39, 0.29) is 31.1 Å². The van der Waals surface area contributed by atoms with Crippen LogP contribution in [0.4, 0.5) is 0 Å². The van der Waals surface area contributed by atoms with Gasteiger partial charge in [-0.15, -0.1) is 0 Å². The first-order valence-electron chi connectivity index (χ1n) is 26.6. The Morgan fingerprint density at radius 2 is 0.583 bits per heavy atom. The van der Waals surface area contributed by atoms with E-state index in [1.54, 1.807) is 0 Å². The van der Waals surface area contributed by atoms with Crippen LogP contribution >= 0.6 is 0 Å². The minimum atomic E-state index is -0.763. The number of rotatable bonds is 47. The van der Waals surface area contributed by atoms with Crippen molar-refractivity contribution in [3.05, 3.63) is 0 Å². The van der Waals surface area contributed by atoms with E-state index in [9.17, 15) is 14.4 Å². The molecule has 0 heterocycles. The predicted octanol–water partition coefficient (Wildman–Crippen LogP) is 17.2. The third-order valence-electron chi connectivity index (χ3n) is 12.5. The standard InChI is InChI=1S/C54H104O6/c1-7-50(6)42-36-30-24-18-15-16-19-25-31-37-43-52(55)58-46-51(47-59-53(56)44-38-32-27-21-23-29-35-41-49(4)5)60-54(57)45-39-33-26-20-14-12-10-8-9-11-13-17-22-28-34-40-48(2)3/h48-51H,7-47H2,1-6H3/t50?,51-/m0/s1. The lowest BCUT2D eigenvalue weighted by molar-refractivity contribution is -0.167. The molecule has 0 bridgehead atoms. The van der Waals surface area contributed by atoms with Crippen molar-refractivity contribution in [1.82, 2.24) is 0 Å². The normalized spacial score (nSPS) is 12.6. The van der Waals surface area contributed by atoms with Crippen molar-refractivity contribution in [2.24, 2.45) is 17.8 Å². The first-order valence-corrected chi connectivity index (χ1v) is 26.6. The van der Waals surface area contributed by atoms with Crippen LogP contribution in [0.25, 0.3) is 0 Å². The van der Waals surface area contributed by atoms with E-state index in [4.69, 9.17) is 14.2 Å². The Labute approximate surface area is 374 Å². The van der Waals surface area contributed by atoms with Crippen LogP contribution in [0.15, 0.2) is 0 Å². The molecule has 0 spiro atoms. The maximum Gasteiger partial charge on any atom is 0.306 e. The molecule has 0 fully saturated rings. The van der Waals surface area contributed by atoms with E-state index in [1.165, 1.54) is 173 Å². The van der Waals surface area contributed by atoms with Gasteiger partial charge in [-0.3, -0.25) is 14.4 Å². The molecule has 0 N–H and O–H groups in total. The van der Waals surface area contributed by atoms with Gasteiger partial charge in [0.2, 0.25) is 0 Å². The van der Waals surface area contributed by atoms with Crippen molar-refractivity contribution < 1.29 is 28.6 Å². The Hall–Kier alpha value is -1.59. The topological polar surface area (TPSA) is 78.9 Å². The summed E-state index contributed by atoms with van der Waals surface area (Å²) in [6.45, 7) is 13.7. The van der Waals surface area contributed by atoms with Gasteiger partial charge in [-0.1, -0.05) is 253 Å². The Balaban J connectivity index is 4.28. The van der Waals surface area contributed by atoms with Crippen LogP contribution in [0.5, 0.6) is 0 Å². The zero-order chi connectivity index (χ0) is 44.2. The number of hydrogen-bond acceptors (Lipinski definition) is 6. The summed E-state index contributed by atoms with van der Waals surface area (Å²) in [5.74, 6) is 1.65. The average molecular weight is 849 g/mol. The van der Waals surface area contributed by atoms with Crippen molar-refractivity contribution in [2.75, 3.05) is 13.2 Å². The number of carbonyl (C=O) groups excluding carboxylic acids is 3. The largest absolute Gasteiger partial charge is 0.462 e. The molecule has 0 aromatic rings. The molecule has 6 heteroatoms. The predicted molar refractivity (Wildman–Crippen MR) is 256 cm³/mol. The van der Waals surface area contributed by atoms with Gasteiger partial charge in [0.25, 0.3) is 0 Å². The fraction of sp³-hybridized carbons (Fsp3) is 0.944. The van der Waals surface area contributed by atoms with Crippen molar-refractivity contribution >= 4 is 17.9 Å². The second-order valence-corrected chi connectivity index (χ2v) is 19.7. The minimum Gasteiger partial charge on any atom is -0.462 e. The molecule has 0 aliphatic rings. The molecular formula is C54H104O6. The van der Waals surface area contributed by atoms with Gasteiger partial charge in [-0.25, -0.2) is 0 Å². The van der Waals surface area contributed by atoms with E-state index >= 15 is 0 Å². The maximum absolute atomic E-state index is 12.8. The highest BCUT2D eigenvalue weighted by molar-refractivity contribution is 5.71. The Morgan fingerprint density at radius 1 is 0.333 bits per heavy atom. The van der Waals surface area contributed by atoms with Crippen molar-refractivity contribution in [2.45, 2.75) is 298 Å². The summed E-state index contributed by atoms with van der Waals surface area (Å²) < 4.78 is 16.8. The highest BCUT2D eigenvalue weighted by atomic mass is 16.6. The molecule has 2 atom stereocenters. The fourth-order valence-corrected chi connectivity index (χ4v) is 8.08. The van der Waals surface area contributed by atoms with E-state index in [2.05, 4.69) is 41.5 Å². The lowest BCUT2D eigenvalue weighted by Crippen LogP contribution is -2.30. The average Bonchev–Trinajstić information content (AvgIpc) is 3.22. The van der Waals surface area contributed by atoms with Gasteiger partial charge in [0.15, 0.2) is 6.10 Å². The summed E-state index contributed by atoms with van der Waals surface area (Å²) in [6, 6.07) is 0. The van der Waals surface area contributed by atoms with E-state index in [0.29, 0.717) is 19.3 Å². The highest BCUT2D eigenvalue weighted by Gasteiger charge is 2.19. The molecule has 1 unspecified atom stereocenters. The van der Waals surface area contributed by atoms with Gasteiger partial charge < -0.3 is 14.2 Å². The van der Waals surface area contributed by atoms with Gasteiger partial charge >= 0.3 is 17.9 Å². The summed E-state index contributed by atoms with van der Waals surface area (Å²) in [5.41, 5.74) is 0. The molecule has 0 aromatic carbocycles. The van der Waals surface area contributed by atoms with Gasteiger partial charge in [0.05, 0.1) is 0 Å². The maximum atomic E-state index is 12.8. The molecule has 0 rings (SSSR count). The Morgan fingerprint density at radius 3 is 0.867 bits per heavy atom. The monoisotopic (exact) mass is 849 g/mol. The molecule has 0 radical (unpaired) electrons. The number of carbonyl (C=O) groups is 3. The smallest absolute Gasteiger partial charge is 0.306 e. The molecule has 356 valence electrons. The molecule has 0 amide bonds. The van der Waals surface area contributed by atoms with Crippen LogP contribution in [0, 0.1) is 17.8 Å². The van der Waals surface area contributed by atoms with E-state index in [0.717, 1.165) is 75.5 Å². The number of ether oxygens (including phenoxy) is 3. The SMILES string of the molecule is CCC(C)CCCCCCCCCCCCC(=O)OC[C@@H](COC(=O)CCCCCCCCCC(C)C)OC(=O)CCCCCCCCCCCCCCCCCC(C)C. The lowest BCUT2D eigenvalue weighted by atomic mass is 9.99. The zero-order valence-corrected chi connectivity index (χ0v) is 41.3. The van der Waals surface area contributed by atoms with Crippen molar-refractivity contribution in [3.63, 3.8) is 0 Å². The van der Waals surface area contributed by atoms with Crippen LogP contribution in [0.3, 0.4) is 0 Å². The molecule has 0 aliphatic carbocycles. The molecule has 0 aliphatic heterocycles. The van der Waals surface area contributed by atoms with Gasteiger partial charge in [-0.05, 0) is 37.0 Å². The molecule has 0 saturated carbocycles. The van der Waals surface area contributed by atoms with Crippen LogP contribution in [0.2, 0.25) is 0 Å². The fourth-order valence-electron chi connectivity index (χ4n) is 8.08. The Bertz CT molecular complexity index is 931. The molecule has 6 nitrogen and oxygen atoms in total. The van der Waals surface area contributed by atoms with Gasteiger partial charge in [0, 0.05) is 19.3 Å². The van der Waals surface area contributed by atoms with Crippen LogP contribution < -0.4 is 0 Å². The van der Waals surface area contributed by atoms with Gasteiger partial charge in [0.1, 0.15) is 13.2 Å². The third kappa shape index (κ3) is 45.9. The molecular weight excluding hydrogens is 745 g/mol. The van der Waals surface area contributed by atoms with Crippen LogP contribution in [-0.4, -0.2) is 37.2 Å². The zero-order valence-electron chi connectivity index (χ0n) is 41.3. The van der Waals surface area contributed by atoms with Crippen molar-refractivity contribution in [1.29, 1.82) is 0 Å². The Kier molecular flexibility index (Phi) is 44.2. The van der Waals surface area contributed by atoms with Crippen LogP contribution in [-0.2, 0) is 28.6 Å². The molecule has 0 saturated heterocycles. The lowest BCUT2D eigenvalue weighted by Gasteiger charge is -2.18. The summed E-state index contributed by atoms with van der Waals surface area (Å²) in [5, 5.41) is 0.